The first kappa shape index (κ1) is 14.9. The molecule has 3 atom stereocenters. The molecule has 1 N–H and O–H groups in total. The lowest BCUT2D eigenvalue weighted by Gasteiger charge is -2.42. The minimum atomic E-state index is -0.754. The second-order valence-corrected chi connectivity index (χ2v) is 6.19. The van der Waals surface area contributed by atoms with Crippen LogP contribution in [0.1, 0.15) is 38.7 Å². The van der Waals surface area contributed by atoms with E-state index in [4.69, 9.17) is 0 Å². The lowest BCUT2D eigenvalue weighted by atomic mass is 9.77. The molecular weight excluding hydrogens is 250 g/mol. The minimum Gasteiger partial charge on any atom is -0.480 e. The molecule has 0 aromatic heterocycles. The van der Waals surface area contributed by atoms with E-state index >= 15 is 0 Å². The molecule has 1 saturated carbocycles. The largest absolute Gasteiger partial charge is 0.480 e. The first-order valence-electron chi connectivity index (χ1n) is 7.54. The van der Waals surface area contributed by atoms with Gasteiger partial charge in [-0.3, -0.25) is 4.79 Å². The van der Waals surface area contributed by atoms with Crippen LogP contribution in [0.15, 0.2) is 24.3 Å². The maximum atomic E-state index is 11.2. The molecule has 110 valence electrons. The fraction of sp³-hybridized carbons (Fsp3) is 0.588. The molecule has 3 nitrogen and oxygen atoms in total. The van der Waals surface area contributed by atoms with Crippen LogP contribution in [0.2, 0.25) is 0 Å². The number of hydrogen-bond acceptors (Lipinski definition) is 2. The molecule has 0 radical (unpaired) electrons. The summed E-state index contributed by atoms with van der Waals surface area (Å²) in [6.07, 6.45) is 3.54. The summed E-state index contributed by atoms with van der Waals surface area (Å²) in [5.41, 5.74) is 2.23. The molecule has 1 fully saturated rings. The van der Waals surface area contributed by atoms with Crippen molar-refractivity contribution in [3.05, 3.63) is 29.8 Å². The van der Waals surface area contributed by atoms with Crippen LogP contribution in [0, 0.1) is 18.8 Å². The third kappa shape index (κ3) is 3.33. The van der Waals surface area contributed by atoms with Crippen molar-refractivity contribution < 1.29 is 9.90 Å². The average Bonchev–Trinajstić information content (AvgIpc) is 2.40. The van der Waals surface area contributed by atoms with Gasteiger partial charge < -0.3 is 10.0 Å². The fourth-order valence-electron chi connectivity index (χ4n) is 3.28. The van der Waals surface area contributed by atoms with Gasteiger partial charge in [-0.05, 0) is 37.3 Å². The fourth-order valence-corrected chi connectivity index (χ4v) is 3.28. The Balaban J connectivity index is 2.26. The molecular formula is C17H25NO2. The summed E-state index contributed by atoms with van der Waals surface area (Å²) in [4.78, 5) is 13.3. The second kappa shape index (κ2) is 6.29. The summed E-state index contributed by atoms with van der Waals surface area (Å²) in [6, 6.07) is 8.54. The monoisotopic (exact) mass is 275 g/mol. The van der Waals surface area contributed by atoms with Crippen LogP contribution in [-0.4, -0.2) is 23.7 Å². The summed E-state index contributed by atoms with van der Waals surface area (Å²) in [5, 5.41) is 9.24. The summed E-state index contributed by atoms with van der Waals surface area (Å²) < 4.78 is 0. The summed E-state index contributed by atoms with van der Waals surface area (Å²) in [6.45, 7) is 6.68. The number of aryl methyl sites for hydroxylation is 1. The Kier molecular flexibility index (Phi) is 4.69. The van der Waals surface area contributed by atoms with Crippen LogP contribution in [0.25, 0.3) is 0 Å². The van der Waals surface area contributed by atoms with Crippen molar-refractivity contribution in [2.45, 2.75) is 46.1 Å². The van der Waals surface area contributed by atoms with Gasteiger partial charge in [-0.1, -0.05) is 44.4 Å². The predicted molar refractivity (Wildman–Crippen MR) is 82.1 cm³/mol. The minimum absolute atomic E-state index is 0.0881. The van der Waals surface area contributed by atoms with Gasteiger partial charge in [0.15, 0.2) is 0 Å². The Morgan fingerprint density at radius 1 is 1.25 bits per heavy atom. The molecule has 1 aliphatic rings. The zero-order valence-corrected chi connectivity index (χ0v) is 12.7. The molecule has 0 spiro atoms. The molecule has 0 amide bonds. The maximum absolute atomic E-state index is 11.2. The van der Waals surface area contributed by atoms with Gasteiger partial charge in [-0.15, -0.1) is 0 Å². The quantitative estimate of drug-likeness (QED) is 0.910. The topological polar surface area (TPSA) is 40.5 Å². The number of benzene rings is 1. The lowest BCUT2D eigenvalue weighted by Crippen LogP contribution is -2.46. The van der Waals surface area contributed by atoms with Crippen LogP contribution < -0.4 is 4.90 Å². The molecule has 1 aliphatic carbocycles. The van der Waals surface area contributed by atoms with Gasteiger partial charge in [-0.25, -0.2) is 0 Å². The molecule has 20 heavy (non-hydrogen) atoms. The highest BCUT2D eigenvalue weighted by Gasteiger charge is 2.32. The Morgan fingerprint density at radius 3 is 2.50 bits per heavy atom. The molecule has 0 aliphatic heterocycles. The lowest BCUT2D eigenvalue weighted by molar-refractivity contribution is -0.135. The smallest absolute Gasteiger partial charge is 0.323 e. The highest BCUT2D eigenvalue weighted by Crippen LogP contribution is 2.35. The number of carboxylic acid groups (broad SMARTS) is 1. The van der Waals surface area contributed by atoms with Gasteiger partial charge in [0.25, 0.3) is 0 Å². The Morgan fingerprint density at radius 2 is 1.90 bits per heavy atom. The zero-order chi connectivity index (χ0) is 14.7. The molecule has 0 saturated heterocycles. The van der Waals surface area contributed by atoms with Gasteiger partial charge in [0.1, 0.15) is 6.54 Å². The standard InChI is InChI=1S/C17H25NO2/c1-12-7-9-15(10-8-12)18(11-17(19)20)16-6-4-5-13(2)14(16)3/h7-10,13-14,16H,4-6,11H2,1-3H3,(H,19,20). The van der Waals surface area contributed by atoms with Crippen molar-refractivity contribution in [2.75, 3.05) is 11.4 Å². The van der Waals surface area contributed by atoms with Crippen molar-refractivity contribution in [2.24, 2.45) is 11.8 Å². The van der Waals surface area contributed by atoms with Crippen molar-refractivity contribution >= 4 is 11.7 Å². The summed E-state index contributed by atoms with van der Waals surface area (Å²) in [5.74, 6) is 0.441. The number of rotatable bonds is 4. The first-order valence-corrected chi connectivity index (χ1v) is 7.54. The van der Waals surface area contributed by atoms with Gasteiger partial charge in [-0.2, -0.15) is 0 Å². The molecule has 1 aromatic rings. The number of nitrogens with zero attached hydrogens (tertiary/aromatic N) is 1. The molecule has 0 bridgehead atoms. The second-order valence-electron chi connectivity index (χ2n) is 6.19. The van der Waals surface area contributed by atoms with E-state index in [1.54, 1.807) is 0 Å². The van der Waals surface area contributed by atoms with Crippen molar-refractivity contribution in [3.63, 3.8) is 0 Å². The molecule has 3 unspecified atom stereocenters. The molecule has 0 heterocycles. The van der Waals surface area contributed by atoms with Crippen LogP contribution >= 0.6 is 0 Å². The third-order valence-electron chi connectivity index (χ3n) is 4.74. The Hall–Kier alpha value is -1.51. The molecule has 2 rings (SSSR count). The number of carboxylic acids is 1. The Labute approximate surface area is 121 Å². The van der Waals surface area contributed by atoms with E-state index in [1.807, 2.05) is 12.1 Å². The van der Waals surface area contributed by atoms with E-state index in [0.29, 0.717) is 17.9 Å². The average molecular weight is 275 g/mol. The van der Waals surface area contributed by atoms with Crippen molar-refractivity contribution in [3.8, 4) is 0 Å². The first-order chi connectivity index (χ1) is 9.49. The summed E-state index contributed by atoms with van der Waals surface area (Å²) >= 11 is 0. The van der Waals surface area contributed by atoms with Gasteiger partial charge >= 0.3 is 5.97 Å². The van der Waals surface area contributed by atoms with Gasteiger partial charge in [0, 0.05) is 11.7 Å². The van der Waals surface area contributed by atoms with Gasteiger partial charge in [0.05, 0.1) is 0 Å². The van der Waals surface area contributed by atoms with Crippen LogP contribution in [0.5, 0.6) is 0 Å². The van der Waals surface area contributed by atoms with E-state index in [2.05, 4.69) is 37.8 Å². The Bertz CT molecular complexity index is 455. The maximum Gasteiger partial charge on any atom is 0.323 e. The normalized spacial score (nSPS) is 26.2. The van der Waals surface area contributed by atoms with E-state index < -0.39 is 5.97 Å². The van der Waals surface area contributed by atoms with Crippen LogP contribution in [0.3, 0.4) is 0 Å². The highest BCUT2D eigenvalue weighted by atomic mass is 16.4. The van der Waals surface area contributed by atoms with Crippen molar-refractivity contribution in [1.82, 2.24) is 0 Å². The van der Waals surface area contributed by atoms with Crippen molar-refractivity contribution in [1.29, 1.82) is 0 Å². The van der Waals surface area contributed by atoms with E-state index in [1.165, 1.54) is 18.4 Å². The highest BCUT2D eigenvalue weighted by molar-refractivity contribution is 5.74. The SMILES string of the molecule is Cc1ccc(N(CC(=O)O)C2CCCC(C)C2C)cc1. The van der Waals surface area contributed by atoms with E-state index in [0.717, 1.165) is 12.1 Å². The zero-order valence-electron chi connectivity index (χ0n) is 12.7. The molecule has 3 heteroatoms. The van der Waals surface area contributed by atoms with Crippen LogP contribution in [-0.2, 0) is 4.79 Å². The number of anilines is 1. The van der Waals surface area contributed by atoms with Crippen LogP contribution in [0.4, 0.5) is 5.69 Å². The number of hydrogen-bond donors (Lipinski definition) is 1. The van der Waals surface area contributed by atoms with E-state index in [-0.39, 0.29) is 6.54 Å². The predicted octanol–water partition coefficient (Wildman–Crippen LogP) is 3.71. The molecule has 1 aromatic carbocycles. The van der Waals surface area contributed by atoms with Gasteiger partial charge in [0.2, 0.25) is 0 Å². The van der Waals surface area contributed by atoms with E-state index in [9.17, 15) is 9.90 Å². The number of carbonyl (C=O) groups is 1. The number of aliphatic carboxylic acids is 1. The summed E-state index contributed by atoms with van der Waals surface area (Å²) in [7, 11) is 0. The third-order valence-corrected chi connectivity index (χ3v) is 4.74.